The van der Waals surface area contributed by atoms with Gasteiger partial charge in [-0.1, -0.05) is 11.6 Å². The van der Waals surface area contributed by atoms with Crippen molar-refractivity contribution in [3.8, 4) is 0 Å². The van der Waals surface area contributed by atoms with Gasteiger partial charge in [-0.25, -0.2) is 4.79 Å². The summed E-state index contributed by atoms with van der Waals surface area (Å²) in [6, 6.07) is 0.278. The summed E-state index contributed by atoms with van der Waals surface area (Å²) >= 11 is 0. The van der Waals surface area contributed by atoms with Crippen LogP contribution in [0.1, 0.15) is 65.7 Å². The van der Waals surface area contributed by atoms with Crippen molar-refractivity contribution in [2.45, 2.75) is 107 Å². The molecule has 2 aliphatic carbocycles. The number of alkyl carbamates (subject to hydrolysis) is 1. The fraction of sp³-hybridized carbons (Fsp3) is 0.870. The van der Waals surface area contributed by atoms with E-state index in [1.165, 1.54) is 0 Å². The van der Waals surface area contributed by atoms with Gasteiger partial charge in [0, 0.05) is 19.2 Å². The van der Waals surface area contributed by atoms with E-state index in [9.17, 15) is 15.0 Å². The molecule has 3 fully saturated rings. The number of amides is 1. The van der Waals surface area contributed by atoms with E-state index in [0.29, 0.717) is 19.3 Å². The van der Waals surface area contributed by atoms with Gasteiger partial charge in [-0.15, -0.1) is 0 Å². The van der Waals surface area contributed by atoms with Crippen LogP contribution in [0.3, 0.4) is 0 Å². The van der Waals surface area contributed by atoms with E-state index in [2.05, 4.69) is 5.32 Å². The molecule has 31 heavy (non-hydrogen) atoms. The lowest BCUT2D eigenvalue weighted by atomic mass is 9.65. The Bertz CT molecular complexity index is 660. The molecule has 0 aromatic rings. The van der Waals surface area contributed by atoms with Crippen LogP contribution in [-0.2, 0) is 14.2 Å². The second-order valence-corrected chi connectivity index (χ2v) is 10.0. The van der Waals surface area contributed by atoms with Crippen molar-refractivity contribution in [1.29, 1.82) is 0 Å². The van der Waals surface area contributed by atoms with E-state index in [-0.39, 0.29) is 18.7 Å². The lowest BCUT2D eigenvalue weighted by Crippen LogP contribution is -2.62. The van der Waals surface area contributed by atoms with Gasteiger partial charge in [0.1, 0.15) is 12.2 Å². The van der Waals surface area contributed by atoms with E-state index in [1.807, 2.05) is 26.8 Å². The number of hydrogen-bond donors (Lipinski definition) is 4. The Morgan fingerprint density at radius 3 is 2.58 bits per heavy atom. The lowest BCUT2D eigenvalue weighted by Gasteiger charge is -2.48. The van der Waals surface area contributed by atoms with E-state index >= 15 is 0 Å². The van der Waals surface area contributed by atoms with Gasteiger partial charge in [0.05, 0.1) is 29.8 Å². The molecular formula is C23H40N2O6. The minimum atomic E-state index is -1.13. The zero-order valence-electron chi connectivity index (χ0n) is 19.3. The van der Waals surface area contributed by atoms with Gasteiger partial charge in [0.15, 0.2) is 0 Å². The molecule has 2 saturated carbocycles. The van der Waals surface area contributed by atoms with Crippen LogP contribution in [0.4, 0.5) is 4.79 Å². The van der Waals surface area contributed by atoms with Crippen molar-refractivity contribution in [3.63, 3.8) is 0 Å². The van der Waals surface area contributed by atoms with E-state index in [0.717, 1.165) is 31.3 Å². The molecule has 0 spiro atoms. The van der Waals surface area contributed by atoms with Gasteiger partial charge in [-0.2, -0.15) is 0 Å². The Balaban J connectivity index is 1.70. The van der Waals surface area contributed by atoms with Crippen molar-refractivity contribution in [2.75, 3.05) is 13.7 Å². The Hall–Kier alpha value is -1.19. The highest BCUT2D eigenvalue weighted by atomic mass is 16.6. The summed E-state index contributed by atoms with van der Waals surface area (Å²) in [5, 5.41) is 25.2. The number of aliphatic hydroxyl groups excluding tert-OH is 1. The van der Waals surface area contributed by atoms with Gasteiger partial charge >= 0.3 is 6.09 Å². The fourth-order valence-electron chi connectivity index (χ4n) is 5.52. The number of hydrogen-bond acceptors (Lipinski definition) is 7. The number of allylic oxidation sites excluding steroid dienone is 1. The summed E-state index contributed by atoms with van der Waals surface area (Å²) in [4.78, 5) is 12.6. The van der Waals surface area contributed by atoms with Gasteiger partial charge in [-0.05, 0) is 65.7 Å². The van der Waals surface area contributed by atoms with Crippen molar-refractivity contribution in [1.82, 2.24) is 5.32 Å². The minimum absolute atomic E-state index is 0.0693. The predicted octanol–water partition coefficient (Wildman–Crippen LogP) is 2.01. The molecule has 0 radical (unpaired) electrons. The lowest BCUT2D eigenvalue weighted by molar-refractivity contribution is -0.179. The first-order valence-corrected chi connectivity index (χ1v) is 11.5. The zero-order chi connectivity index (χ0) is 22.8. The molecule has 1 aliphatic heterocycles. The second-order valence-electron chi connectivity index (χ2n) is 10.0. The van der Waals surface area contributed by atoms with Crippen LogP contribution in [0.25, 0.3) is 0 Å². The quantitative estimate of drug-likeness (QED) is 0.466. The van der Waals surface area contributed by atoms with Crippen molar-refractivity contribution in [3.05, 3.63) is 11.6 Å². The van der Waals surface area contributed by atoms with Gasteiger partial charge < -0.3 is 35.5 Å². The fourth-order valence-corrected chi connectivity index (χ4v) is 5.52. The maximum absolute atomic E-state index is 12.6. The number of fused-ring (bicyclic) bond motifs is 1. The van der Waals surface area contributed by atoms with Crippen LogP contribution in [-0.4, -0.2) is 71.6 Å². The molecule has 0 aromatic carbocycles. The third-order valence-electron chi connectivity index (χ3n) is 7.42. The SMILES string of the molecule is COC1C(OC(=O)NC2CCC(N)CC2)CCC2(O)COC(C)(C(O)CC=C(C)C)C12. The number of nitrogens with two attached hydrogens (primary N) is 1. The highest BCUT2D eigenvalue weighted by Gasteiger charge is 2.64. The first-order valence-electron chi connectivity index (χ1n) is 11.5. The molecule has 1 heterocycles. The molecule has 3 rings (SSSR count). The van der Waals surface area contributed by atoms with Crippen LogP contribution in [0.15, 0.2) is 11.6 Å². The average Bonchev–Trinajstić information content (AvgIpc) is 3.00. The van der Waals surface area contributed by atoms with Crippen molar-refractivity contribution >= 4 is 6.09 Å². The van der Waals surface area contributed by atoms with Crippen LogP contribution in [0, 0.1) is 5.92 Å². The smallest absolute Gasteiger partial charge is 0.407 e. The molecule has 6 unspecified atom stereocenters. The summed E-state index contributed by atoms with van der Waals surface area (Å²) in [5.74, 6) is -0.523. The number of carbonyl (C=O) groups excluding carboxylic acids is 1. The third kappa shape index (κ3) is 5.25. The number of aliphatic hydroxyl groups is 2. The predicted molar refractivity (Wildman–Crippen MR) is 117 cm³/mol. The molecule has 0 bridgehead atoms. The Labute approximate surface area is 185 Å². The van der Waals surface area contributed by atoms with E-state index < -0.39 is 41.5 Å². The van der Waals surface area contributed by atoms with Crippen molar-refractivity contribution in [2.24, 2.45) is 11.7 Å². The molecule has 5 N–H and O–H groups in total. The van der Waals surface area contributed by atoms with Gasteiger partial charge in [-0.3, -0.25) is 0 Å². The van der Waals surface area contributed by atoms with Crippen LogP contribution < -0.4 is 11.1 Å². The number of rotatable bonds is 6. The zero-order valence-corrected chi connectivity index (χ0v) is 19.3. The summed E-state index contributed by atoms with van der Waals surface area (Å²) in [6.45, 7) is 5.89. The molecular weight excluding hydrogens is 400 g/mol. The van der Waals surface area contributed by atoms with Crippen LogP contribution in [0.5, 0.6) is 0 Å². The van der Waals surface area contributed by atoms with Crippen molar-refractivity contribution < 1.29 is 29.2 Å². The normalized spacial score (nSPS) is 41.2. The molecule has 8 nitrogen and oxygen atoms in total. The number of carbonyl (C=O) groups is 1. The summed E-state index contributed by atoms with van der Waals surface area (Å²) in [7, 11) is 1.55. The van der Waals surface area contributed by atoms with Gasteiger partial charge in [0.2, 0.25) is 0 Å². The molecule has 0 aromatic heterocycles. The van der Waals surface area contributed by atoms with E-state index in [4.69, 9.17) is 19.9 Å². The number of ether oxygens (including phenoxy) is 3. The molecule has 6 atom stereocenters. The Morgan fingerprint density at radius 2 is 1.97 bits per heavy atom. The molecule has 8 heteroatoms. The molecule has 178 valence electrons. The maximum Gasteiger partial charge on any atom is 0.407 e. The minimum Gasteiger partial charge on any atom is -0.443 e. The average molecular weight is 441 g/mol. The monoisotopic (exact) mass is 440 g/mol. The highest BCUT2D eigenvalue weighted by Crippen LogP contribution is 2.51. The topological polar surface area (TPSA) is 123 Å². The molecule has 1 amide bonds. The summed E-state index contributed by atoms with van der Waals surface area (Å²) in [5.41, 5.74) is 4.90. The Morgan fingerprint density at radius 1 is 1.29 bits per heavy atom. The second kappa shape index (κ2) is 9.75. The standard InChI is InChI=1S/C23H40N2O6/c1-14(2)5-10-18(26)22(3)20-19(29-4)17(11-12-23(20,28)13-30-22)31-21(27)25-16-8-6-15(24)7-9-16/h5,15-20,26,28H,6-13,24H2,1-4H3,(H,25,27). The molecule has 1 saturated heterocycles. The maximum atomic E-state index is 12.6. The highest BCUT2D eigenvalue weighted by molar-refractivity contribution is 5.68. The Kier molecular flexibility index (Phi) is 7.69. The molecule has 3 aliphatic rings. The third-order valence-corrected chi connectivity index (χ3v) is 7.42. The van der Waals surface area contributed by atoms with Gasteiger partial charge in [0.25, 0.3) is 0 Å². The first-order chi connectivity index (χ1) is 14.6. The van der Waals surface area contributed by atoms with Crippen LogP contribution in [0.2, 0.25) is 0 Å². The first kappa shape index (κ1) is 24.5. The number of nitrogens with one attached hydrogen (secondary N) is 1. The summed E-state index contributed by atoms with van der Waals surface area (Å²) in [6.07, 6.45) is 4.33. The van der Waals surface area contributed by atoms with E-state index in [1.54, 1.807) is 7.11 Å². The summed E-state index contributed by atoms with van der Waals surface area (Å²) < 4.78 is 17.6. The largest absolute Gasteiger partial charge is 0.443 e. The number of methoxy groups -OCH3 is 1. The van der Waals surface area contributed by atoms with Crippen LogP contribution >= 0.6 is 0 Å².